The van der Waals surface area contributed by atoms with Crippen LogP contribution < -0.4 is 0 Å². The topological polar surface area (TPSA) is 66.4 Å². The first-order chi connectivity index (χ1) is 11.8. The van der Waals surface area contributed by atoms with Crippen molar-refractivity contribution in [2.24, 2.45) is 0 Å². The summed E-state index contributed by atoms with van der Waals surface area (Å²) >= 11 is 1.24. The van der Waals surface area contributed by atoms with Gasteiger partial charge in [-0.15, -0.1) is 0 Å². The first-order valence-electron chi connectivity index (χ1n) is 7.68. The molecule has 1 aliphatic rings. The molecule has 0 saturated carbocycles. The lowest BCUT2D eigenvalue weighted by molar-refractivity contribution is -0.125. The second-order valence-corrected chi connectivity index (χ2v) is 8.02. The maximum Gasteiger partial charge on any atom is 0.210 e. The summed E-state index contributed by atoms with van der Waals surface area (Å²) in [5.41, 5.74) is 1.78. The van der Waals surface area contributed by atoms with E-state index in [1.165, 1.54) is 0 Å². The Labute approximate surface area is 157 Å². The van der Waals surface area contributed by atoms with E-state index in [4.69, 9.17) is 4.74 Å². The molecule has 0 N–H and O–H groups in total. The van der Waals surface area contributed by atoms with Crippen molar-refractivity contribution in [1.82, 2.24) is 0 Å². The molecule has 0 amide bonds. The third kappa shape index (κ3) is 3.61. The highest BCUT2D eigenvalue weighted by molar-refractivity contribution is 9.10. The lowest BCUT2D eigenvalue weighted by Crippen LogP contribution is -2.29. The zero-order valence-corrected chi connectivity index (χ0v) is 16.1. The van der Waals surface area contributed by atoms with Crippen LogP contribution in [0.15, 0.2) is 53.0 Å². The average molecular weight is 420 g/mol. The second-order valence-electron chi connectivity index (χ2n) is 6.27. The average Bonchev–Trinajstić information content (AvgIpc) is 2.80. The smallest absolute Gasteiger partial charge is 0.210 e. The molecule has 2 aromatic rings. The Balaban J connectivity index is 2.12. The monoisotopic (exact) mass is 419 g/mol. The molecule has 0 aromatic heterocycles. The maximum atomic E-state index is 12.8. The number of carbonyl (C=O) groups is 1. The van der Waals surface area contributed by atoms with Crippen LogP contribution in [0.1, 0.15) is 30.5 Å². The van der Waals surface area contributed by atoms with Gasteiger partial charge < -0.3 is 9.29 Å². The summed E-state index contributed by atoms with van der Waals surface area (Å²) in [4.78, 5) is 12.8. The van der Waals surface area contributed by atoms with Crippen LogP contribution in [0.4, 0.5) is 0 Å². The summed E-state index contributed by atoms with van der Waals surface area (Å²) in [6, 6.07) is 14.7. The first-order valence-corrected chi connectivity index (χ1v) is 9.71. The maximum absolute atomic E-state index is 12.8. The lowest BCUT2D eigenvalue weighted by atomic mass is 9.92. The van der Waals surface area contributed by atoms with E-state index in [9.17, 15) is 13.6 Å². The zero-order valence-electron chi connectivity index (χ0n) is 13.7. The molecule has 0 fully saturated rings. The van der Waals surface area contributed by atoms with E-state index in [0.717, 1.165) is 11.1 Å². The minimum Gasteiger partial charge on any atom is -0.772 e. The van der Waals surface area contributed by atoms with Gasteiger partial charge in [0.25, 0.3) is 0 Å². The van der Waals surface area contributed by atoms with Crippen molar-refractivity contribution in [3.05, 3.63) is 69.7 Å². The van der Waals surface area contributed by atoms with Gasteiger partial charge in [-0.05, 0) is 31.0 Å². The van der Waals surface area contributed by atoms with Gasteiger partial charge in [0.15, 0.2) is 5.60 Å². The Morgan fingerprint density at radius 3 is 2.40 bits per heavy atom. The third-order valence-electron chi connectivity index (χ3n) is 4.01. The molecule has 2 aromatic carbocycles. The third-order valence-corrected chi connectivity index (χ3v) is 5.29. The predicted octanol–water partition coefficient (Wildman–Crippen LogP) is 4.07. The van der Waals surface area contributed by atoms with Gasteiger partial charge >= 0.3 is 0 Å². The number of Topliss-reactive ketones (excluding diaryl/α,β-unsaturated/α-hetero) is 1. The van der Waals surface area contributed by atoms with Gasteiger partial charge in [-0.2, -0.15) is 0 Å². The van der Waals surface area contributed by atoms with Crippen LogP contribution in [0.25, 0.3) is 11.3 Å². The van der Waals surface area contributed by atoms with Gasteiger partial charge in [0, 0.05) is 15.8 Å². The molecule has 25 heavy (non-hydrogen) atoms. The highest BCUT2D eigenvalue weighted by Gasteiger charge is 2.42. The Bertz CT molecular complexity index is 888. The minimum absolute atomic E-state index is 0.0727. The summed E-state index contributed by atoms with van der Waals surface area (Å²) in [6.45, 7) is 3.49. The fourth-order valence-electron chi connectivity index (χ4n) is 2.76. The highest BCUT2D eigenvalue weighted by Crippen LogP contribution is 2.41. The number of carbonyl (C=O) groups excluding carboxylic acids is 1. The van der Waals surface area contributed by atoms with Crippen molar-refractivity contribution in [2.45, 2.75) is 25.2 Å². The van der Waals surface area contributed by atoms with E-state index in [2.05, 4.69) is 15.9 Å². The van der Waals surface area contributed by atoms with E-state index < -0.39 is 16.7 Å². The molecule has 0 bridgehead atoms. The lowest BCUT2D eigenvalue weighted by Gasteiger charge is -2.18. The number of ketones is 1. The van der Waals surface area contributed by atoms with Gasteiger partial charge in [0.2, 0.25) is 5.78 Å². The van der Waals surface area contributed by atoms with E-state index in [1.807, 2.05) is 30.3 Å². The van der Waals surface area contributed by atoms with Crippen LogP contribution in [0.5, 0.6) is 0 Å². The van der Waals surface area contributed by atoms with Crippen molar-refractivity contribution in [1.29, 1.82) is 0 Å². The van der Waals surface area contributed by atoms with Crippen molar-refractivity contribution in [3.8, 4) is 0 Å². The van der Waals surface area contributed by atoms with Gasteiger partial charge in [-0.25, -0.2) is 0 Å². The van der Waals surface area contributed by atoms with Crippen LogP contribution in [0.2, 0.25) is 0 Å². The van der Waals surface area contributed by atoms with E-state index >= 15 is 0 Å². The van der Waals surface area contributed by atoms with Gasteiger partial charge in [-0.1, -0.05) is 69.5 Å². The minimum atomic E-state index is -2.17. The molecular weight excluding hydrogens is 404 g/mol. The summed E-state index contributed by atoms with van der Waals surface area (Å²) in [5, 5.41) is 0. The Hall–Kier alpha value is -1.76. The van der Waals surface area contributed by atoms with E-state index in [-0.39, 0.29) is 11.5 Å². The SMILES string of the molecule is CC1(C)OC(c2ccc(CS(=O)[O-])c(Br)c2)=C(c2ccccc2)C1=O. The molecule has 1 aliphatic heterocycles. The number of rotatable bonds is 4. The van der Waals surface area contributed by atoms with Gasteiger partial charge in [0.05, 0.1) is 5.57 Å². The molecule has 130 valence electrons. The van der Waals surface area contributed by atoms with Gasteiger partial charge in [0.1, 0.15) is 5.76 Å². The standard InChI is InChI=1S/C19H17BrO4S/c1-19(2)18(21)16(12-6-4-3-5-7-12)17(24-19)13-8-9-14(11-25(22)23)15(20)10-13/h3-10H,11H2,1-2H3,(H,22,23)/p-1. The molecule has 0 aliphatic carbocycles. The van der Waals surface area contributed by atoms with Crippen LogP contribution in [-0.2, 0) is 26.4 Å². The van der Waals surface area contributed by atoms with Crippen LogP contribution in [0.3, 0.4) is 0 Å². The number of benzene rings is 2. The Morgan fingerprint density at radius 2 is 1.80 bits per heavy atom. The summed E-state index contributed by atoms with van der Waals surface area (Å²) in [6.07, 6.45) is 0. The Kier molecular flexibility index (Phi) is 4.95. The molecule has 6 heteroatoms. The second kappa shape index (κ2) is 6.86. The van der Waals surface area contributed by atoms with Gasteiger partial charge in [-0.3, -0.25) is 9.00 Å². The number of hydrogen-bond acceptors (Lipinski definition) is 4. The molecule has 0 radical (unpaired) electrons. The van der Waals surface area contributed by atoms with Crippen LogP contribution >= 0.6 is 15.9 Å². The molecule has 1 unspecified atom stereocenters. The molecule has 1 atom stereocenters. The van der Waals surface area contributed by atoms with Crippen molar-refractivity contribution in [3.63, 3.8) is 0 Å². The Morgan fingerprint density at radius 1 is 1.12 bits per heavy atom. The first kappa shape index (κ1) is 18.0. The fraction of sp³-hybridized carbons (Fsp3) is 0.211. The van der Waals surface area contributed by atoms with Crippen molar-refractivity contribution >= 4 is 44.1 Å². The zero-order chi connectivity index (χ0) is 18.2. The molecular formula is C19H16BrO4S-. The molecule has 4 nitrogen and oxygen atoms in total. The van der Waals surface area contributed by atoms with Crippen molar-refractivity contribution < 1.29 is 18.3 Å². The highest BCUT2D eigenvalue weighted by atomic mass is 79.9. The molecule has 3 rings (SSSR count). The normalized spacial score (nSPS) is 17.5. The van der Waals surface area contributed by atoms with Crippen LogP contribution in [-0.4, -0.2) is 20.1 Å². The summed E-state index contributed by atoms with van der Waals surface area (Å²) in [5.74, 6) is 0.364. The number of hydrogen-bond donors (Lipinski definition) is 0. The van der Waals surface area contributed by atoms with Crippen LogP contribution in [0, 0.1) is 0 Å². The number of ether oxygens (including phenoxy) is 1. The summed E-state index contributed by atoms with van der Waals surface area (Å²) < 4.78 is 28.5. The quantitative estimate of drug-likeness (QED) is 0.700. The van der Waals surface area contributed by atoms with E-state index in [0.29, 0.717) is 21.4 Å². The fourth-order valence-corrected chi connectivity index (χ4v) is 3.97. The summed E-state index contributed by atoms with van der Waals surface area (Å²) in [7, 11) is 0. The molecule has 0 saturated heterocycles. The molecule has 0 spiro atoms. The predicted molar refractivity (Wildman–Crippen MR) is 100 cm³/mol. The largest absolute Gasteiger partial charge is 0.772 e. The van der Waals surface area contributed by atoms with Crippen molar-refractivity contribution in [2.75, 3.05) is 0 Å². The van der Waals surface area contributed by atoms with E-state index in [1.54, 1.807) is 32.0 Å². The molecule has 1 heterocycles. The number of halogens is 1.